The monoisotopic (exact) mass is 412 g/mol. The van der Waals surface area contributed by atoms with Crippen LogP contribution < -0.4 is 10.6 Å². The second-order valence-electron chi connectivity index (χ2n) is 6.33. The summed E-state index contributed by atoms with van der Waals surface area (Å²) in [5.74, 6) is -0.397. The first-order valence-electron chi connectivity index (χ1n) is 9.31. The number of benzene rings is 1. The minimum absolute atomic E-state index is 0.0266. The third kappa shape index (κ3) is 7.10. The Morgan fingerprint density at radius 3 is 2.46 bits per heavy atom. The fourth-order valence-corrected chi connectivity index (χ4v) is 4.08. The Labute approximate surface area is 166 Å². The van der Waals surface area contributed by atoms with E-state index in [1.807, 2.05) is 37.3 Å². The van der Waals surface area contributed by atoms with Crippen LogP contribution in [0, 0.1) is 0 Å². The molecule has 0 atom stereocenters. The summed E-state index contributed by atoms with van der Waals surface area (Å²) in [4.78, 5) is 25.8. The molecule has 1 aromatic carbocycles. The zero-order chi connectivity index (χ0) is 20.4. The Morgan fingerprint density at radius 2 is 1.82 bits per heavy atom. The van der Waals surface area contributed by atoms with Crippen LogP contribution in [0.5, 0.6) is 0 Å². The summed E-state index contributed by atoms with van der Waals surface area (Å²) >= 11 is 0. The number of amides is 3. The van der Waals surface area contributed by atoms with Gasteiger partial charge in [0.2, 0.25) is 15.9 Å². The molecule has 0 bridgehead atoms. The van der Waals surface area contributed by atoms with E-state index in [-0.39, 0.29) is 24.7 Å². The molecule has 9 nitrogen and oxygen atoms in total. The van der Waals surface area contributed by atoms with Crippen LogP contribution in [0.15, 0.2) is 30.3 Å². The van der Waals surface area contributed by atoms with E-state index >= 15 is 0 Å². The van der Waals surface area contributed by atoms with E-state index in [4.69, 9.17) is 4.74 Å². The van der Waals surface area contributed by atoms with Crippen molar-refractivity contribution in [2.24, 2.45) is 0 Å². The van der Waals surface area contributed by atoms with Gasteiger partial charge in [0.15, 0.2) is 0 Å². The molecule has 1 heterocycles. The third-order valence-electron chi connectivity index (χ3n) is 4.36. The molecular weight excluding hydrogens is 384 g/mol. The van der Waals surface area contributed by atoms with Crippen molar-refractivity contribution in [1.82, 2.24) is 19.8 Å². The summed E-state index contributed by atoms with van der Waals surface area (Å²) in [5, 5.41) is 4.96. The standard InChI is InChI=1S/C18H28N4O5S/c1-2-21(15-16-6-4-3-5-7-16)17(23)14-20-18(24)19-8-13-28(25,26)22-9-11-27-12-10-22/h3-7H,2,8-15H2,1H3,(H2,19,20,24). The highest BCUT2D eigenvalue weighted by Crippen LogP contribution is 2.05. The van der Waals surface area contributed by atoms with E-state index in [0.717, 1.165) is 5.56 Å². The average Bonchev–Trinajstić information content (AvgIpc) is 2.71. The van der Waals surface area contributed by atoms with Crippen LogP contribution in [0.3, 0.4) is 0 Å². The summed E-state index contributed by atoms with van der Waals surface area (Å²) in [5.41, 5.74) is 1.01. The van der Waals surface area contributed by atoms with Gasteiger partial charge in [-0.3, -0.25) is 4.79 Å². The van der Waals surface area contributed by atoms with Crippen molar-refractivity contribution in [2.75, 3.05) is 51.7 Å². The van der Waals surface area contributed by atoms with Gasteiger partial charge in [-0.25, -0.2) is 13.2 Å². The minimum Gasteiger partial charge on any atom is -0.379 e. The fourth-order valence-electron chi connectivity index (χ4n) is 2.76. The van der Waals surface area contributed by atoms with Crippen molar-refractivity contribution in [3.8, 4) is 0 Å². The molecule has 1 aliphatic rings. The lowest BCUT2D eigenvalue weighted by molar-refractivity contribution is -0.130. The van der Waals surface area contributed by atoms with E-state index in [1.54, 1.807) is 4.90 Å². The van der Waals surface area contributed by atoms with E-state index in [2.05, 4.69) is 10.6 Å². The van der Waals surface area contributed by atoms with Crippen LogP contribution in [-0.2, 0) is 26.1 Å². The normalized spacial score (nSPS) is 15.0. The Bertz CT molecular complexity index is 736. The topological polar surface area (TPSA) is 108 Å². The summed E-state index contributed by atoms with van der Waals surface area (Å²) < 4.78 is 30.8. The van der Waals surface area contributed by atoms with Gasteiger partial charge in [-0.2, -0.15) is 4.31 Å². The van der Waals surface area contributed by atoms with E-state index in [9.17, 15) is 18.0 Å². The van der Waals surface area contributed by atoms with Gasteiger partial charge in [-0.05, 0) is 12.5 Å². The number of nitrogens with one attached hydrogen (secondary N) is 2. The maximum absolute atomic E-state index is 12.3. The van der Waals surface area contributed by atoms with Gasteiger partial charge in [-0.1, -0.05) is 30.3 Å². The molecule has 2 rings (SSSR count). The van der Waals surface area contributed by atoms with Crippen LogP contribution in [0.25, 0.3) is 0 Å². The number of urea groups is 1. The molecule has 28 heavy (non-hydrogen) atoms. The predicted molar refractivity (Wildman–Crippen MR) is 105 cm³/mol. The van der Waals surface area contributed by atoms with Crippen molar-refractivity contribution in [3.63, 3.8) is 0 Å². The first-order chi connectivity index (χ1) is 13.4. The number of carbonyl (C=O) groups excluding carboxylic acids is 2. The predicted octanol–water partition coefficient (Wildman–Crippen LogP) is -0.00370. The van der Waals surface area contributed by atoms with Crippen molar-refractivity contribution in [2.45, 2.75) is 13.5 Å². The largest absolute Gasteiger partial charge is 0.379 e. The molecule has 10 heteroatoms. The maximum Gasteiger partial charge on any atom is 0.315 e. The molecule has 156 valence electrons. The second-order valence-corrected chi connectivity index (χ2v) is 8.42. The highest BCUT2D eigenvalue weighted by molar-refractivity contribution is 7.89. The van der Waals surface area contributed by atoms with Gasteiger partial charge in [0, 0.05) is 32.7 Å². The minimum atomic E-state index is -3.43. The first-order valence-corrected chi connectivity index (χ1v) is 10.9. The number of likely N-dealkylation sites (N-methyl/N-ethyl adjacent to an activating group) is 1. The maximum atomic E-state index is 12.3. The third-order valence-corrected chi connectivity index (χ3v) is 6.23. The number of hydrogen-bond acceptors (Lipinski definition) is 5. The number of rotatable bonds is 9. The Morgan fingerprint density at radius 1 is 1.14 bits per heavy atom. The van der Waals surface area contributed by atoms with E-state index in [1.165, 1.54) is 4.31 Å². The highest BCUT2D eigenvalue weighted by Gasteiger charge is 2.24. The van der Waals surface area contributed by atoms with Gasteiger partial charge >= 0.3 is 6.03 Å². The summed E-state index contributed by atoms with van der Waals surface area (Å²) in [6, 6.07) is 9.03. The molecule has 3 amide bonds. The number of carbonyl (C=O) groups is 2. The zero-order valence-corrected chi connectivity index (χ0v) is 16.9. The van der Waals surface area contributed by atoms with Crippen molar-refractivity contribution in [1.29, 1.82) is 0 Å². The van der Waals surface area contributed by atoms with Crippen LogP contribution in [0.2, 0.25) is 0 Å². The number of hydrogen-bond donors (Lipinski definition) is 2. The Hall–Kier alpha value is -2.17. The fraction of sp³-hybridized carbons (Fsp3) is 0.556. The molecule has 0 unspecified atom stereocenters. The van der Waals surface area contributed by atoms with Crippen LogP contribution in [-0.4, -0.2) is 81.3 Å². The molecule has 1 aliphatic heterocycles. The molecule has 0 saturated carbocycles. The number of morpholine rings is 1. The smallest absolute Gasteiger partial charge is 0.315 e. The number of nitrogens with zero attached hydrogens (tertiary/aromatic N) is 2. The number of sulfonamides is 1. The van der Waals surface area contributed by atoms with Gasteiger partial charge < -0.3 is 20.3 Å². The first kappa shape index (κ1) is 22.1. The molecule has 0 aliphatic carbocycles. The molecule has 2 N–H and O–H groups in total. The van der Waals surface area contributed by atoms with E-state index in [0.29, 0.717) is 39.4 Å². The van der Waals surface area contributed by atoms with Crippen LogP contribution >= 0.6 is 0 Å². The average molecular weight is 413 g/mol. The van der Waals surface area contributed by atoms with Gasteiger partial charge in [-0.15, -0.1) is 0 Å². The molecule has 1 saturated heterocycles. The lowest BCUT2D eigenvalue weighted by atomic mass is 10.2. The second kappa shape index (κ2) is 11.0. The quantitative estimate of drug-likeness (QED) is 0.593. The van der Waals surface area contributed by atoms with Crippen LogP contribution in [0.1, 0.15) is 12.5 Å². The number of ether oxygens (including phenoxy) is 1. The van der Waals surface area contributed by atoms with Gasteiger partial charge in [0.25, 0.3) is 0 Å². The summed E-state index contributed by atoms with van der Waals surface area (Å²) in [6.07, 6.45) is 0. The van der Waals surface area contributed by atoms with Crippen molar-refractivity contribution < 1.29 is 22.7 Å². The Kier molecular flexibility index (Phi) is 8.68. The molecule has 1 fully saturated rings. The SMILES string of the molecule is CCN(Cc1ccccc1)C(=O)CNC(=O)NCCS(=O)(=O)N1CCOCC1. The van der Waals surface area contributed by atoms with Crippen molar-refractivity contribution >= 4 is 22.0 Å². The van der Waals surface area contributed by atoms with Gasteiger partial charge in [0.1, 0.15) is 0 Å². The van der Waals surface area contributed by atoms with Crippen molar-refractivity contribution in [3.05, 3.63) is 35.9 Å². The Balaban J connectivity index is 1.70. The lowest BCUT2D eigenvalue weighted by Gasteiger charge is -2.26. The van der Waals surface area contributed by atoms with E-state index < -0.39 is 16.1 Å². The summed E-state index contributed by atoms with van der Waals surface area (Å²) in [6.45, 7) is 4.11. The molecule has 1 aromatic rings. The van der Waals surface area contributed by atoms with Crippen LogP contribution in [0.4, 0.5) is 4.79 Å². The summed E-state index contributed by atoms with van der Waals surface area (Å²) in [7, 11) is -3.43. The lowest BCUT2D eigenvalue weighted by Crippen LogP contribution is -2.46. The molecule has 0 aromatic heterocycles. The molecule has 0 radical (unpaired) electrons. The molecule has 0 spiro atoms. The van der Waals surface area contributed by atoms with Gasteiger partial charge in [0.05, 0.1) is 25.5 Å². The zero-order valence-electron chi connectivity index (χ0n) is 16.1. The molecular formula is C18H28N4O5S. The highest BCUT2D eigenvalue weighted by atomic mass is 32.2.